The highest BCUT2D eigenvalue weighted by Gasteiger charge is 2.18. The van der Waals surface area contributed by atoms with Gasteiger partial charge in [0.05, 0.1) is 6.07 Å². The molecule has 0 bridgehead atoms. The van der Waals surface area contributed by atoms with E-state index < -0.39 is 3.79 Å². The van der Waals surface area contributed by atoms with Gasteiger partial charge in [0.15, 0.2) is 0 Å². The van der Waals surface area contributed by atoms with Gasteiger partial charge >= 0.3 is 0 Å². The molecule has 1 nitrogen and oxygen atoms in total. The van der Waals surface area contributed by atoms with Gasteiger partial charge in [-0.25, -0.2) is 0 Å². The van der Waals surface area contributed by atoms with Crippen LogP contribution < -0.4 is 0 Å². The van der Waals surface area contributed by atoms with Crippen LogP contribution in [0, 0.1) is 17.8 Å². The summed E-state index contributed by atoms with van der Waals surface area (Å²) in [6, 6.07) is 1.59. The number of hydrogen-bond acceptors (Lipinski definition) is 1. The van der Waals surface area contributed by atoms with Gasteiger partial charge in [0.2, 0.25) is 3.79 Å². The van der Waals surface area contributed by atoms with Crippen molar-refractivity contribution in [3.63, 3.8) is 0 Å². The van der Waals surface area contributed by atoms with Crippen molar-refractivity contribution in [1.82, 2.24) is 0 Å². The second-order valence-electron chi connectivity index (χ2n) is 0.815. The Morgan fingerprint density at radius 1 is 1.43 bits per heavy atom. The third-order valence-electron chi connectivity index (χ3n) is 0.228. The fourth-order valence-electron chi connectivity index (χ4n) is 0.0732. The van der Waals surface area contributed by atoms with Crippen molar-refractivity contribution in [2.45, 2.75) is 3.79 Å². The van der Waals surface area contributed by atoms with Crippen molar-refractivity contribution >= 4 is 34.8 Å². The van der Waals surface area contributed by atoms with Crippen LogP contribution in [0.2, 0.25) is 0 Å². The maximum absolute atomic E-state index is 7.84. The van der Waals surface area contributed by atoms with E-state index in [1.807, 2.05) is 0 Å². The first-order valence-electron chi connectivity index (χ1n) is 1.37. The van der Waals surface area contributed by atoms with Gasteiger partial charge < -0.3 is 0 Å². The molecule has 0 aliphatic heterocycles. The highest BCUT2D eigenvalue weighted by Crippen LogP contribution is 2.27. The Morgan fingerprint density at radius 2 is 1.86 bits per heavy atom. The highest BCUT2D eigenvalue weighted by atomic mass is 35.6. The van der Waals surface area contributed by atoms with Gasteiger partial charge in [-0.05, 0) is 0 Å². The zero-order valence-corrected chi connectivity index (χ0v) is 5.43. The van der Waals surface area contributed by atoms with Crippen LogP contribution in [0.1, 0.15) is 0 Å². The fourth-order valence-corrected chi connectivity index (χ4v) is 0.220. The molecule has 0 N–H and O–H groups in total. The van der Waals surface area contributed by atoms with E-state index in [9.17, 15) is 0 Å². The summed E-state index contributed by atoms with van der Waals surface area (Å²) in [5, 5.41) is 7.84. The first-order valence-corrected chi connectivity index (χ1v) is 2.50. The van der Waals surface area contributed by atoms with Gasteiger partial charge in [0, 0.05) is 0 Å². The highest BCUT2D eigenvalue weighted by molar-refractivity contribution is 6.68. The van der Waals surface area contributed by atoms with Crippen molar-refractivity contribution in [1.29, 1.82) is 5.26 Å². The topological polar surface area (TPSA) is 23.8 Å². The quantitative estimate of drug-likeness (QED) is 0.494. The van der Waals surface area contributed by atoms with Crippen molar-refractivity contribution in [3.8, 4) is 6.07 Å². The van der Waals surface area contributed by atoms with Gasteiger partial charge in [-0.2, -0.15) is 5.26 Å². The normalized spacial score (nSPS) is 10.6. The molecule has 0 aromatic carbocycles. The Hall–Kier alpha value is 0.360. The first-order chi connectivity index (χ1) is 3.06. The van der Waals surface area contributed by atoms with Crippen LogP contribution in [0.25, 0.3) is 0 Å². The van der Waals surface area contributed by atoms with Crippen molar-refractivity contribution < 1.29 is 0 Å². The molecular weight excluding hydrogens is 156 g/mol. The van der Waals surface area contributed by atoms with Crippen LogP contribution in [0.4, 0.5) is 0 Å². The number of hydrogen-bond donors (Lipinski definition) is 0. The van der Waals surface area contributed by atoms with Crippen molar-refractivity contribution in [3.05, 3.63) is 6.42 Å². The van der Waals surface area contributed by atoms with E-state index >= 15 is 0 Å². The van der Waals surface area contributed by atoms with Crippen LogP contribution in [-0.2, 0) is 0 Å². The molecule has 0 heterocycles. The van der Waals surface area contributed by atoms with Crippen LogP contribution in [-0.4, -0.2) is 3.79 Å². The Kier molecular flexibility index (Phi) is 2.75. The van der Waals surface area contributed by atoms with Crippen LogP contribution in [0.15, 0.2) is 0 Å². The molecule has 7 heavy (non-hydrogen) atoms. The molecule has 0 spiro atoms. The van der Waals surface area contributed by atoms with Crippen LogP contribution >= 0.6 is 34.8 Å². The Morgan fingerprint density at radius 3 is 1.86 bits per heavy atom. The number of rotatable bonds is 0. The first kappa shape index (κ1) is 7.36. The average Bonchev–Trinajstić information content (AvgIpc) is 1.30. The lowest BCUT2D eigenvalue weighted by atomic mass is 10.5. The minimum absolute atomic E-state index is 0.914. The minimum atomic E-state index is -1.52. The van der Waals surface area contributed by atoms with Gasteiger partial charge in [-0.3, -0.25) is 0 Å². The molecule has 0 aliphatic rings. The molecule has 0 saturated carbocycles. The standard InChI is InChI=1S/C3HCl3N/c4-3(5,6)1-2-7/h1H. The van der Waals surface area contributed by atoms with Gasteiger partial charge in [0.1, 0.15) is 6.42 Å². The van der Waals surface area contributed by atoms with E-state index in [-0.39, 0.29) is 0 Å². The predicted molar refractivity (Wildman–Crippen MR) is 30.2 cm³/mol. The van der Waals surface area contributed by atoms with E-state index in [4.69, 9.17) is 40.1 Å². The number of nitrogens with zero attached hydrogens (tertiary/aromatic N) is 1. The largest absolute Gasteiger partial charge is 0.207 e. The summed E-state index contributed by atoms with van der Waals surface area (Å²) in [4.78, 5) is 0. The SMILES string of the molecule is N#C[CH]C(Cl)(Cl)Cl. The molecule has 1 radical (unpaired) electrons. The molecule has 0 aliphatic carbocycles. The lowest BCUT2D eigenvalue weighted by Crippen LogP contribution is -1.98. The maximum atomic E-state index is 7.84. The summed E-state index contributed by atoms with van der Waals surface area (Å²) in [6.45, 7) is 0. The maximum Gasteiger partial charge on any atom is 0.207 e. The lowest BCUT2D eigenvalue weighted by molar-refractivity contribution is 1.32. The van der Waals surface area contributed by atoms with E-state index in [1.165, 1.54) is 0 Å². The van der Waals surface area contributed by atoms with E-state index in [1.54, 1.807) is 6.07 Å². The fraction of sp³-hybridized carbons (Fsp3) is 0.333. The molecule has 0 unspecified atom stereocenters. The number of halogens is 3. The number of nitriles is 1. The van der Waals surface area contributed by atoms with E-state index in [0.29, 0.717) is 0 Å². The molecule has 0 amide bonds. The Labute approximate surface area is 56.8 Å². The summed E-state index contributed by atoms with van der Waals surface area (Å²) >= 11 is 15.3. The van der Waals surface area contributed by atoms with Crippen molar-refractivity contribution in [2.24, 2.45) is 0 Å². The summed E-state index contributed by atoms with van der Waals surface area (Å²) in [5.74, 6) is 0. The molecule has 0 aromatic rings. The predicted octanol–water partition coefficient (Wildman–Crippen LogP) is 2.08. The van der Waals surface area contributed by atoms with Gasteiger partial charge in [-0.15, -0.1) is 0 Å². The molecule has 0 atom stereocenters. The monoisotopic (exact) mass is 156 g/mol. The lowest BCUT2D eigenvalue weighted by Gasteiger charge is -1.99. The third kappa shape index (κ3) is 6.36. The summed E-state index contributed by atoms with van der Waals surface area (Å²) < 4.78 is -1.52. The number of alkyl halides is 3. The summed E-state index contributed by atoms with van der Waals surface area (Å²) in [7, 11) is 0. The Bertz CT molecular complexity index is 87.3. The average molecular weight is 157 g/mol. The molecule has 0 rings (SSSR count). The summed E-state index contributed by atoms with van der Waals surface area (Å²) in [5.41, 5.74) is 0. The van der Waals surface area contributed by atoms with E-state index in [2.05, 4.69) is 0 Å². The molecule has 4 heteroatoms. The van der Waals surface area contributed by atoms with Gasteiger partial charge in [0.25, 0.3) is 0 Å². The smallest absolute Gasteiger partial charge is 0.198 e. The molecule has 0 aromatic heterocycles. The Balaban J connectivity index is 3.40. The molecule has 39 valence electrons. The molecular formula is C3HCl3N. The van der Waals surface area contributed by atoms with Crippen molar-refractivity contribution in [2.75, 3.05) is 0 Å². The van der Waals surface area contributed by atoms with Crippen LogP contribution in [0.5, 0.6) is 0 Å². The zero-order chi connectivity index (χ0) is 5.91. The summed E-state index contributed by atoms with van der Waals surface area (Å²) in [6.07, 6.45) is 0.914. The third-order valence-corrected chi connectivity index (χ3v) is 0.556. The molecule has 0 saturated heterocycles. The minimum Gasteiger partial charge on any atom is -0.198 e. The van der Waals surface area contributed by atoms with Gasteiger partial charge in [-0.1, -0.05) is 34.8 Å². The second kappa shape index (κ2) is 2.61. The van der Waals surface area contributed by atoms with Crippen LogP contribution in [0.3, 0.4) is 0 Å². The zero-order valence-electron chi connectivity index (χ0n) is 3.16. The second-order valence-corrected chi connectivity index (χ2v) is 3.18. The molecule has 0 fully saturated rings. The van der Waals surface area contributed by atoms with E-state index in [0.717, 1.165) is 6.42 Å².